The average molecular weight is 548 g/mol. The Hall–Kier alpha value is -2.75. The van der Waals surface area contributed by atoms with Crippen molar-refractivity contribution in [3.05, 3.63) is 68.6 Å². The van der Waals surface area contributed by atoms with Gasteiger partial charge in [-0.2, -0.15) is 0 Å². The number of hydrogen-bond acceptors (Lipinski definition) is 4. The predicted octanol–water partition coefficient (Wildman–Crippen LogP) is 4.80. The van der Waals surface area contributed by atoms with Gasteiger partial charge in [0.2, 0.25) is 0 Å². The lowest BCUT2D eigenvalue weighted by atomic mass is 9.93. The summed E-state index contributed by atoms with van der Waals surface area (Å²) in [6, 6.07) is 10.6. The molecule has 0 radical (unpaired) electrons. The van der Waals surface area contributed by atoms with Gasteiger partial charge in [-0.25, -0.2) is 9.18 Å². The van der Waals surface area contributed by atoms with Crippen molar-refractivity contribution < 1.29 is 23.5 Å². The molecule has 8 heteroatoms. The molecule has 2 aromatic carbocycles. The van der Waals surface area contributed by atoms with E-state index in [1.165, 1.54) is 23.1 Å². The molecule has 0 bridgehead atoms. The minimum atomic E-state index is -0.682. The van der Waals surface area contributed by atoms with Crippen LogP contribution in [-0.2, 0) is 16.2 Å². The molecule has 6 nitrogen and oxygen atoms in total. The van der Waals surface area contributed by atoms with Gasteiger partial charge in [-0.15, -0.1) is 0 Å². The molecule has 0 unspecified atom stereocenters. The summed E-state index contributed by atoms with van der Waals surface area (Å²) in [5.74, 6) is -0.891. The number of barbiturate groups is 1. The summed E-state index contributed by atoms with van der Waals surface area (Å²) in [4.78, 5) is 38.9. The summed E-state index contributed by atoms with van der Waals surface area (Å²) in [6.45, 7) is 0.288. The third-order valence-electron chi connectivity index (χ3n) is 5.65. The van der Waals surface area contributed by atoms with Crippen molar-refractivity contribution >= 4 is 46.5 Å². The van der Waals surface area contributed by atoms with Crippen LogP contribution in [0.5, 0.6) is 5.75 Å². The quantitative estimate of drug-likeness (QED) is 0.331. The molecular formula is C24H22FIN2O4. The van der Waals surface area contributed by atoms with Gasteiger partial charge in [0.25, 0.3) is 11.8 Å². The minimum Gasteiger partial charge on any atom is -0.488 e. The molecule has 1 N–H and O–H groups in total. The normalized spacial score (nSPS) is 18.8. The van der Waals surface area contributed by atoms with Crippen LogP contribution >= 0.6 is 22.6 Å². The van der Waals surface area contributed by atoms with Crippen molar-refractivity contribution in [2.75, 3.05) is 0 Å². The Morgan fingerprint density at radius 2 is 1.78 bits per heavy atom. The highest BCUT2D eigenvalue weighted by Crippen LogP contribution is 2.28. The van der Waals surface area contributed by atoms with E-state index < -0.39 is 17.8 Å². The number of urea groups is 1. The van der Waals surface area contributed by atoms with Crippen LogP contribution in [-0.4, -0.2) is 28.8 Å². The van der Waals surface area contributed by atoms with Crippen LogP contribution in [0.4, 0.5) is 9.18 Å². The molecule has 4 rings (SSSR count). The topological polar surface area (TPSA) is 75.7 Å². The molecule has 2 aliphatic rings. The maximum atomic E-state index is 13.0. The van der Waals surface area contributed by atoms with Crippen molar-refractivity contribution in [2.45, 2.75) is 44.8 Å². The fraction of sp³-hybridized carbons (Fsp3) is 0.292. The number of ether oxygens (including phenoxy) is 1. The zero-order valence-corrected chi connectivity index (χ0v) is 19.4. The molecule has 1 heterocycles. The first-order chi connectivity index (χ1) is 15.4. The van der Waals surface area contributed by atoms with E-state index in [-0.39, 0.29) is 24.0 Å². The summed E-state index contributed by atoms with van der Waals surface area (Å²) in [6.07, 6.45) is 6.05. The van der Waals surface area contributed by atoms with E-state index in [1.54, 1.807) is 30.3 Å². The van der Waals surface area contributed by atoms with Gasteiger partial charge in [0, 0.05) is 6.04 Å². The van der Waals surface area contributed by atoms with E-state index in [4.69, 9.17) is 4.74 Å². The van der Waals surface area contributed by atoms with Gasteiger partial charge in [0.15, 0.2) is 0 Å². The van der Waals surface area contributed by atoms with Gasteiger partial charge >= 0.3 is 6.03 Å². The standard InChI is InChI=1S/C24H22FIN2O4/c25-17-9-6-15(7-10-17)14-32-21-11-8-16(13-20(21)26)12-19-22(29)27-24(31)28(23(19)30)18-4-2-1-3-5-18/h6-13,18H,1-5,14H2,(H,27,29,31). The van der Waals surface area contributed by atoms with Crippen molar-refractivity contribution in [3.63, 3.8) is 0 Å². The summed E-state index contributed by atoms with van der Waals surface area (Å²) in [7, 11) is 0. The number of carbonyl (C=O) groups excluding carboxylic acids is 3. The lowest BCUT2D eigenvalue weighted by molar-refractivity contribution is -0.132. The molecule has 2 aromatic rings. The molecule has 1 saturated heterocycles. The van der Waals surface area contributed by atoms with Gasteiger partial charge in [0.05, 0.1) is 3.57 Å². The highest BCUT2D eigenvalue weighted by atomic mass is 127. The smallest absolute Gasteiger partial charge is 0.331 e. The highest BCUT2D eigenvalue weighted by Gasteiger charge is 2.40. The van der Waals surface area contributed by atoms with E-state index >= 15 is 0 Å². The first kappa shape index (κ1) is 22.4. The Morgan fingerprint density at radius 1 is 1.06 bits per heavy atom. The molecule has 0 spiro atoms. The van der Waals surface area contributed by atoms with Gasteiger partial charge in [0.1, 0.15) is 23.7 Å². The third kappa shape index (κ3) is 5.01. The summed E-state index contributed by atoms with van der Waals surface area (Å²) < 4.78 is 19.6. The maximum absolute atomic E-state index is 13.0. The number of rotatable bonds is 5. The number of nitrogens with zero attached hydrogens (tertiary/aromatic N) is 1. The lowest BCUT2D eigenvalue weighted by Gasteiger charge is -2.35. The van der Waals surface area contributed by atoms with Crippen LogP contribution in [0.2, 0.25) is 0 Å². The van der Waals surface area contributed by atoms with Crippen molar-refractivity contribution in [1.82, 2.24) is 10.2 Å². The van der Waals surface area contributed by atoms with E-state index in [0.717, 1.165) is 41.2 Å². The maximum Gasteiger partial charge on any atom is 0.331 e. The average Bonchev–Trinajstić information content (AvgIpc) is 2.78. The van der Waals surface area contributed by atoms with Gasteiger partial charge in [-0.05, 0) is 76.9 Å². The van der Waals surface area contributed by atoms with Crippen molar-refractivity contribution in [3.8, 4) is 5.75 Å². The molecule has 2 fully saturated rings. The number of nitrogens with one attached hydrogen (secondary N) is 1. The Labute approximate surface area is 199 Å². The lowest BCUT2D eigenvalue weighted by Crippen LogP contribution is -2.58. The van der Waals surface area contributed by atoms with Crippen LogP contribution in [0.25, 0.3) is 6.08 Å². The van der Waals surface area contributed by atoms with Crippen LogP contribution < -0.4 is 10.1 Å². The molecule has 166 valence electrons. The largest absolute Gasteiger partial charge is 0.488 e. The number of benzene rings is 2. The monoisotopic (exact) mass is 548 g/mol. The molecule has 1 aliphatic heterocycles. The SMILES string of the molecule is O=C1NC(=O)N(C2CCCCC2)C(=O)C1=Cc1ccc(OCc2ccc(F)cc2)c(I)c1. The molecule has 4 amide bonds. The van der Waals surface area contributed by atoms with E-state index in [1.807, 2.05) is 0 Å². The Balaban J connectivity index is 1.50. The van der Waals surface area contributed by atoms with E-state index in [2.05, 4.69) is 27.9 Å². The first-order valence-corrected chi connectivity index (χ1v) is 11.6. The fourth-order valence-corrected chi connectivity index (χ4v) is 4.67. The van der Waals surface area contributed by atoms with Crippen molar-refractivity contribution in [1.29, 1.82) is 0 Å². The molecule has 0 aromatic heterocycles. The summed E-state index contributed by atoms with van der Waals surface area (Å²) in [5.41, 5.74) is 1.44. The van der Waals surface area contributed by atoms with Crippen LogP contribution in [0.15, 0.2) is 48.0 Å². The second-order valence-corrected chi connectivity index (χ2v) is 9.05. The van der Waals surface area contributed by atoms with E-state index in [0.29, 0.717) is 11.3 Å². The van der Waals surface area contributed by atoms with Gasteiger partial charge in [-0.1, -0.05) is 37.5 Å². The summed E-state index contributed by atoms with van der Waals surface area (Å²) >= 11 is 2.12. The molecular weight excluding hydrogens is 526 g/mol. The number of imide groups is 2. The Kier molecular flexibility index (Phi) is 6.88. The molecule has 0 atom stereocenters. The zero-order valence-electron chi connectivity index (χ0n) is 17.3. The molecule has 32 heavy (non-hydrogen) atoms. The highest BCUT2D eigenvalue weighted by molar-refractivity contribution is 14.1. The predicted molar refractivity (Wildman–Crippen MR) is 125 cm³/mol. The van der Waals surface area contributed by atoms with Gasteiger partial charge in [-0.3, -0.25) is 19.8 Å². The van der Waals surface area contributed by atoms with Crippen LogP contribution in [0.1, 0.15) is 43.2 Å². The molecule has 1 aliphatic carbocycles. The number of halogens is 2. The summed E-state index contributed by atoms with van der Waals surface area (Å²) in [5, 5.41) is 2.30. The third-order valence-corrected chi connectivity index (χ3v) is 6.49. The fourth-order valence-electron chi connectivity index (χ4n) is 3.97. The first-order valence-electron chi connectivity index (χ1n) is 10.5. The second kappa shape index (κ2) is 9.81. The number of hydrogen-bond donors (Lipinski definition) is 1. The minimum absolute atomic E-state index is 0.0500. The van der Waals surface area contributed by atoms with Crippen LogP contribution in [0, 0.1) is 9.39 Å². The Morgan fingerprint density at radius 3 is 2.47 bits per heavy atom. The van der Waals surface area contributed by atoms with Gasteiger partial charge < -0.3 is 4.74 Å². The van der Waals surface area contributed by atoms with E-state index in [9.17, 15) is 18.8 Å². The zero-order chi connectivity index (χ0) is 22.7. The van der Waals surface area contributed by atoms with Crippen molar-refractivity contribution in [2.24, 2.45) is 0 Å². The molecule has 1 saturated carbocycles. The number of carbonyl (C=O) groups is 3. The van der Waals surface area contributed by atoms with Crippen LogP contribution in [0.3, 0.4) is 0 Å². The Bertz CT molecular complexity index is 1080. The second-order valence-electron chi connectivity index (χ2n) is 7.89. The number of amides is 4.